The molecule has 0 saturated carbocycles. The van der Waals surface area contributed by atoms with Crippen LogP contribution in [-0.4, -0.2) is 30.3 Å². The van der Waals surface area contributed by atoms with Crippen LogP contribution >= 0.6 is 34.8 Å². The second kappa shape index (κ2) is 7.80. The van der Waals surface area contributed by atoms with Crippen LogP contribution < -0.4 is 5.32 Å². The summed E-state index contributed by atoms with van der Waals surface area (Å²) in [7, 11) is 1.51. The molecule has 0 saturated heterocycles. The van der Waals surface area contributed by atoms with E-state index in [1.807, 2.05) is 0 Å². The van der Waals surface area contributed by atoms with Gasteiger partial charge in [-0.1, -0.05) is 40.9 Å². The van der Waals surface area contributed by atoms with E-state index in [-0.39, 0.29) is 12.3 Å². The summed E-state index contributed by atoms with van der Waals surface area (Å²) in [6, 6.07) is 10.0. The maximum absolute atomic E-state index is 12.7. The lowest BCUT2D eigenvalue weighted by molar-refractivity contribution is -0.116. The summed E-state index contributed by atoms with van der Waals surface area (Å²) in [5.74, 6) is -0.684. The number of nitrogens with zero attached hydrogens (tertiary/aromatic N) is 1. The Morgan fingerprint density at radius 3 is 2.44 bits per heavy atom. The van der Waals surface area contributed by atoms with Gasteiger partial charge in [0.25, 0.3) is 5.91 Å². The number of fused-ring (bicyclic) bond motifs is 1. The Labute approximate surface area is 170 Å². The number of nitrogens with one attached hydrogen (secondary N) is 1. The Morgan fingerprint density at radius 1 is 1.11 bits per heavy atom. The Balaban J connectivity index is 1.76. The molecule has 1 heterocycles. The van der Waals surface area contributed by atoms with Crippen LogP contribution in [0.15, 0.2) is 40.8 Å². The van der Waals surface area contributed by atoms with Crippen LogP contribution in [0, 0.1) is 6.92 Å². The lowest BCUT2D eigenvalue weighted by Crippen LogP contribution is -2.35. The van der Waals surface area contributed by atoms with Crippen LogP contribution in [0.4, 0.5) is 5.69 Å². The molecule has 5 nitrogen and oxygen atoms in total. The highest BCUT2D eigenvalue weighted by atomic mass is 35.5. The summed E-state index contributed by atoms with van der Waals surface area (Å²) < 4.78 is 5.65. The van der Waals surface area contributed by atoms with Crippen LogP contribution in [-0.2, 0) is 4.79 Å². The van der Waals surface area contributed by atoms with Crippen molar-refractivity contribution in [2.75, 3.05) is 18.9 Å². The van der Waals surface area contributed by atoms with Crippen molar-refractivity contribution in [1.29, 1.82) is 0 Å². The maximum Gasteiger partial charge on any atom is 0.290 e. The Bertz CT molecular complexity index is 1030. The first-order chi connectivity index (χ1) is 12.8. The van der Waals surface area contributed by atoms with Gasteiger partial charge in [0.05, 0.1) is 22.3 Å². The first-order valence-electron chi connectivity index (χ1n) is 7.96. The highest BCUT2D eigenvalue weighted by Gasteiger charge is 2.23. The van der Waals surface area contributed by atoms with Crippen LogP contribution in [0.3, 0.4) is 0 Å². The molecular formula is C19H15Cl3N2O3. The van der Waals surface area contributed by atoms with E-state index in [0.29, 0.717) is 31.9 Å². The standard InChI is InChI=1S/C19H15Cl3N2O3/c1-10-12-8-11(20)6-7-15(12)27-18(10)19(26)24(2)9-16(25)23-17-13(21)4-3-5-14(17)22/h3-8H,9H2,1-2H3,(H,23,25). The Hall–Kier alpha value is -2.21. The molecule has 140 valence electrons. The molecule has 0 aliphatic carbocycles. The van der Waals surface area contributed by atoms with Crippen molar-refractivity contribution in [3.05, 3.63) is 62.8 Å². The van der Waals surface area contributed by atoms with Crippen molar-refractivity contribution in [2.24, 2.45) is 0 Å². The van der Waals surface area contributed by atoms with Gasteiger partial charge in [0, 0.05) is 23.0 Å². The third-order valence-corrected chi connectivity index (χ3v) is 4.91. The minimum absolute atomic E-state index is 0.165. The zero-order chi connectivity index (χ0) is 19.7. The Kier molecular flexibility index (Phi) is 5.65. The van der Waals surface area contributed by atoms with E-state index in [0.717, 1.165) is 5.39 Å². The summed E-state index contributed by atoms with van der Waals surface area (Å²) in [5, 5.41) is 4.56. The predicted octanol–water partition coefficient (Wildman–Crippen LogP) is 5.41. The van der Waals surface area contributed by atoms with Crippen LogP contribution in [0.2, 0.25) is 15.1 Å². The molecule has 0 bridgehead atoms. The summed E-state index contributed by atoms with van der Waals surface area (Å²) in [6.45, 7) is 1.57. The molecular weight excluding hydrogens is 411 g/mol. The topological polar surface area (TPSA) is 62.6 Å². The fraction of sp³-hybridized carbons (Fsp3) is 0.158. The quantitative estimate of drug-likeness (QED) is 0.608. The van der Waals surface area contributed by atoms with Gasteiger partial charge in [0.2, 0.25) is 5.91 Å². The molecule has 1 aromatic heterocycles. The van der Waals surface area contributed by atoms with Crippen LogP contribution in [0.25, 0.3) is 11.0 Å². The molecule has 0 aliphatic heterocycles. The van der Waals surface area contributed by atoms with Crippen molar-refractivity contribution < 1.29 is 14.0 Å². The molecule has 0 atom stereocenters. The number of hydrogen-bond acceptors (Lipinski definition) is 3. The van der Waals surface area contributed by atoms with Gasteiger partial charge >= 0.3 is 0 Å². The molecule has 2 amide bonds. The molecule has 8 heteroatoms. The molecule has 3 aromatic rings. The third-order valence-electron chi connectivity index (χ3n) is 4.05. The smallest absolute Gasteiger partial charge is 0.290 e. The van der Waals surface area contributed by atoms with Gasteiger partial charge in [-0.15, -0.1) is 0 Å². The van der Waals surface area contributed by atoms with Gasteiger partial charge in [-0.3, -0.25) is 9.59 Å². The summed E-state index contributed by atoms with van der Waals surface area (Å²) >= 11 is 18.1. The summed E-state index contributed by atoms with van der Waals surface area (Å²) in [4.78, 5) is 26.3. The number of halogens is 3. The van der Waals surface area contributed by atoms with Crippen molar-refractivity contribution in [3.8, 4) is 0 Å². The first-order valence-corrected chi connectivity index (χ1v) is 9.09. The first kappa shape index (κ1) is 19.5. The minimum Gasteiger partial charge on any atom is -0.451 e. The predicted molar refractivity (Wildman–Crippen MR) is 108 cm³/mol. The fourth-order valence-corrected chi connectivity index (χ4v) is 3.32. The molecule has 0 fully saturated rings. The molecule has 0 spiro atoms. The lowest BCUT2D eigenvalue weighted by Gasteiger charge is -2.16. The van der Waals surface area contributed by atoms with E-state index in [1.54, 1.807) is 43.3 Å². The Morgan fingerprint density at radius 2 is 1.78 bits per heavy atom. The van der Waals surface area contributed by atoms with Gasteiger partial charge < -0.3 is 14.6 Å². The average Bonchev–Trinajstić information content (AvgIpc) is 2.94. The summed E-state index contributed by atoms with van der Waals surface area (Å²) in [6.07, 6.45) is 0. The third kappa shape index (κ3) is 4.05. The number of hydrogen-bond donors (Lipinski definition) is 1. The van der Waals surface area contributed by atoms with Crippen molar-refractivity contribution in [3.63, 3.8) is 0 Å². The lowest BCUT2D eigenvalue weighted by atomic mass is 10.1. The molecule has 0 radical (unpaired) electrons. The van der Waals surface area contributed by atoms with E-state index in [4.69, 9.17) is 39.2 Å². The van der Waals surface area contributed by atoms with E-state index >= 15 is 0 Å². The van der Waals surface area contributed by atoms with Crippen molar-refractivity contribution in [2.45, 2.75) is 6.92 Å². The number of carbonyl (C=O) groups is 2. The normalized spacial score (nSPS) is 10.9. The van der Waals surface area contributed by atoms with Crippen molar-refractivity contribution in [1.82, 2.24) is 4.90 Å². The van der Waals surface area contributed by atoms with E-state index in [1.165, 1.54) is 11.9 Å². The molecule has 0 aliphatic rings. The highest BCUT2D eigenvalue weighted by Crippen LogP contribution is 2.30. The SMILES string of the molecule is Cc1c(C(=O)N(C)CC(=O)Nc2c(Cl)cccc2Cl)oc2ccc(Cl)cc12. The van der Waals surface area contributed by atoms with Gasteiger partial charge in [0.15, 0.2) is 5.76 Å². The zero-order valence-corrected chi connectivity index (χ0v) is 16.7. The molecule has 3 rings (SSSR count). The molecule has 1 N–H and O–H groups in total. The number of furan rings is 1. The number of amides is 2. The highest BCUT2D eigenvalue weighted by molar-refractivity contribution is 6.39. The molecule has 0 unspecified atom stereocenters. The van der Waals surface area contributed by atoms with E-state index in [9.17, 15) is 9.59 Å². The van der Waals surface area contributed by atoms with Crippen molar-refractivity contribution >= 4 is 63.3 Å². The number of rotatable bonds is 4. The second-order valence-corrected chi connectivity index (χ2v) is 7.25. The number of benzene rings is 2. The molecule has 2 aromatic carbocycles. The van der Waals surface area contributed by atoms with Gasteiger partial charge in [0.1, 0.15) is 5.58 Å². The second-order valence-electron chi connectivity index (χ2n) is 6.00. The van der Waals surface area contributed by atoms with E-state index in [2.05, 4.69) is 5.32 Å². The van der Waals surface area contributed by atoms with Gasteiger partial charge in [-0.05, 0) is 37.3 Å². The zero-order valence-electron chi connectivity index (χ0n) is 14.5. The number of carbonyl (C=O) groups excluding carboxylic acids is 2. The average molecular weight is 426 g/mol. The monoisotopic (exact) mass is 424 g/mol. The fourth-order valence-electron chi connectivity index (χ4n) is 2.65. The molecule has 27 heavy (non-hydrogen) atoms. The number of anilines is 1. The number of likely N-dealkylation sites (N-methyl/N-ethyl adjacent to an activating group) is 1. The summed E-state index contributed by atoms with van der Waals surface area (Å²) in [5.41, 5.74) is 1.53. The van der Waals surface area contributed by atoms with Crippen LogP contribution in [0.5, 0.6) is 0 Å². The maximum atomic E-state index is 12.7. The number of para-hydroxylation sites is 1. The largest absolute Gasteiger partial charge is 0.451 e. The minimum atomic E-state index is -0.433. The number of aryl methyl sites for hydroxylation is 1. The van der Waals surface area contributed by atoms with Crippen LogP contribution in [0.1, 0.15) is 16.1 Å². The van der Waals surface area contributed by atoms with E-state index < -0.39 is 11.8 Å². The van der Waals surface area contributed by atoms with Gasteiger partial charge in [-0.2, -0.15) is 0 Å². The van der Waals surface area contributed by atoms with Gasteiger partial charge in [-0.25, -0.2) is 0 Å².